The van der Waals surface area contributed by atoms with Crippen molar-refractivity contribution in [2.75, 3.05) is 6.61 Å². The maximum Gasteiger partial charge on any atom is 0.490 e. The van der Waals surface area contributed by atoms with Crippen molar-refractivity contribution < 1.29 is 100 Å². The summed E-state index contributed by atoms with van der Waals surface area (Å²) in [6.45, 7) is 1.77. The average Bonchev–Trinajstić information content (AvgIpc) is 3.42. The highest BCUT2D eigenvalue weighted by Gasteiger charge is 2.40. The van der Waals surface area contributed by atoms with Crippen LogP contribution < -0.4 is 10.5 Å². The normalized spacial score (nSPS) is 12.5. The number of nitrogens with zero attached hydrogens (tertiary/aromatic N) is 2. The fourth-order valence-corrected chi connectivity index (χ4v) is 3.68. The zero-order chi connectivity index (χ0) is 43.6. The van der Waals surface area contributed by atoms with E-state index in [-0.39, 0.29) is 24.7 Å². The molecule has 0 saturated heterocycles. The number of nitrogens with two attached hydrogens (primary N) is 1. The first-order valence-corrected chi connectivity index (χ1v) is 14.2. The van der Waals surface area contributed by atoms with Gasteiger partial charge in [-0.2, -0.15) is 71.0 Å². The summed E-state index contributed by atoms with van der Waals surface area (Å²) in [4.78, 5) is 30.8. The van der Waals surface area contributed by atoms with Crippen molar-refractivity contribution in [3.63, 3.8) is 0 Å². The molecule has 0 aliphatic rings. The van der Waals surface area contributed by atoms with Crippen molar-refractivity contribution in [2.45, 2.75) is 50.3 Å². The molecule has 2 aromatic heterocycles. The number of carboxylic acid groups (broad SMARTS) is 3. The summed E-state index contributed by atoms with van der Waals surface area (Å²) >= 11 is 0. The van der Waals surface area contributed by atoms with Crippen LogP contribution >= 0.6 is 0 Å². The maximum atomic E-state index is 13.1. The van der Waals surface area contributed by atoms with Crippen molar-refractivity contribution in [3.8, 4) is 16.9 Å². The van der Waals surface area contributed by atoms with E-state index in [1.165, 1.54) is 6.20 Å². The molecule has 0 amide bonds. The first-order valence-electron chi connectivity index (χ1n) is 14.2. The molecule has 0 bridgehead atoms. The average molecular weight is 837 g/mol. The predicted octanol–water partition coefficient (Wildman–Crippen LogP) is 7.82. The Balaban J connectivity index is 0.000000610. The number of hydrogen-bond donors (Lipinski definition) is 5. The minimum Gasteiger partial charge on any atom is -0.490 e. The van der Waals surface area contributed by atoms with Crippen LogP contribution in [0.5, 0.6) is 5.75 Å². The second-order valence-corrected chi connectivity index (χ2v) is 10.6. The van der Waals surface area contributed by atoms with Gasteiger partial charge in [0, 0.05) is 28.9 Å². The number of pyridine rings is 1. The Morgan fingerprint density at radius 3 is 1.55 bits per heavy atom. The molecule has 0 aliphatic heterocycles. The molecule has 1 atom stereocenters. The van der Waals surface area contributed by atoms with Gasteiger partial charge in [-0.1, -0.05) is 6.07 Å². The van der Waals surface area contributed by atoms with E-state index in [9.17, 15) is 65.9 Å². The van der Waals surface area contributed by atoms with Gasteiger partial charge in [0.1, 0.15) is 12.4 Å². The molecule has 6 N–H and O–H groups in total. The smallest absolute Gasteiger partial charge is 0.490 e. The summed E-state index contributed by atoms with van der Waals surface area (Å²) in [5.74, 6) is -7.91. The molecule has 26 heteroatoms. The fourth-order valence-electron chi connectivity index (χ4n) is 3.68. The zero-order valence-corrected chi connectivity index (χ0v) is 27.3. The molecule has 2 heterocycles. The van der Waals surface area contributed by atoms with Crippen molar-refractivity contribution in [2.24, 2.45) is 5.73 Å². The molecule has 11 nitrogen and oxygen atoms in total. The first kappa shape index (κ1) is 48.2. The lowest BCUT2D eigenvalue weighted by molar-refractivity contribution is -0.193. The van der Waals surface area contributed by atoms with Crippen LogP contribution in [0.2, 0.25) is 0 Å². The van der Waals surface area contributed by atoms with Gasteiger partial charge in [0.15, 0.2) is 0 Å². The van der Waals surface area contributed by atoms with Crippen LogP contribution in [-0.2, 0) is 33.2 Å². The molecule has 56 heavy (non-hydrogen) atoms. The van der Waals surface area contributed by atoms with Crippen LogP contribution in [0.1, 0.15) is 22.4 Å². The van der Waals surface area contributed by atoms with Gasteiger partial charge in [-0.05, 0) is 60.9 Å². The van der Waals surface area contributed by atoms with Gasteiger partial charge in [0.2, 0.25) is 0 Å². The van der Waals surface area contributed by atoms with Crippen LogP contribution in [0.4, 0.5) is 65.9 Å². The zero-order valence-electron chi connectivity index (χ0n) is 27.3. The number of benzene rings is 2. The first-order chi connectivity index (χ1) is 25.2. The number of carboxylic acids is 3. The Morgan fingerprint density at radius 1 is 0.696 bits per heavy atom. The van der Waals surface area contributed by atoms with Crippen molar-refractivity contribution in [1.29, 1.82) is 0 Å². The highest BCUT2D eigenvalue weighted by Crippen LogP contribution is 2.36. The third-order valence-electron chi connectivity index (χ3n) is 6.13. The lowest BCUT2D eigenvalue weighted by Gasteiger charge is -2.17. The Hall–Kier alpha value is -5.82. The van der Waals surface area contributed by atoms with Crippen molar-refractivity contribution in [1.82, 2.24) is 15.2 Å². The van der Waals surface area contributed by atoms with Gasteiger partial charge in [0.05, 0.1) is 22.8 Å². The topological polar surface area (TPSA) is 189 Å². The summed E-state index contributed by atoms with van der Waals surface area (Å²) in [6, 6.07) is 7.99. The quantitative estimate of drug-likeness (QED) is 0.120. The van der Waals surface area contributed by atoms with Crippen LogP contribution in [-0.4, -0.2) is 79.6 Å². The number of rotatable bonds is 6. The Kier molecular flexibility index (Phi) is 16.1. The Morgan fingerprint density at radius 2 is 1.14 bits per heavy atom. The van der Waals surface area contributed by atoms with Crippen LogP contribution in [0.25, 0.3) is 22.0 Å². The summed E-state index contributed by atoms with van der Waals surface area (Å²) in [5, 5.41) is 29.4. The lowest BCUT2D eigenvalue weighted by atomic mass is 10.00. The summed E-state index contributed by atoms with van der Waals surface area (Å²) in [6.07, 6.45) is -22.2. The van der Waals surface area contributed by atoms with E-state index in [0.29, 0.717) is 17.9 Å². The lowest BCUT2D eigenvalue weighted by Crippen LogP contribution is -2.30. The van der Waals surface area contributed by atoms with Crippen LogP contribution in [0.3, 0.4) is 0 Å². The van der Waals surface area contributed by atoms with E-state index in [2.05, 4.69) is 15.2 Å². The number of aliphatic carboxylic acids is 3. The number of carbonyl (C=O) groups is 3. The molecular formula is C30H23F15N4O7. The van der Waals surface area contributed by atoms with Gasteiger partial charge in [-0.3, -0.25) is 10.1 Å². The molecule has 4 rings (SSSR count). The number of aromatic nitrogens is 3. The Labute approximate surface area is 301 Å². The number of fused-ring (bicyclic) bond motifs is 1. The molecule has 0 aliphatic carbocycles. The van der Waals surface area contributed by atoms with E-state index in [1.807, 2.05) is 25.1 Å². The number of halogens is 15. The van der Waals surface area contributed by atoms with E-state index in [4.69, 9.17) is 40.2 Å². The molecular weight excluding hydrogens is 813 g/mol. The fraction of sp³-hybridized carbons (Fsp3) is 0.300. The number of aryl methyl sites for hydroxylation is 1. The number of alkyl halides is 15. The van der Waals surface area contributed by atoms with Gasteiger partial charge in [-0.15, -0.1) is 0 Å². The molecule has 2 aromatic carbocycles. The standard InChI is InChI=1S/C24H20F6N4O.3C2HF3O2/c1-13-21-8-15(2-3-22(21)34-33-13)16-7-20(11-32-10-16)35-12-19(31)6-14-4-17(23(25,26)27)9-18(5-14)24(28,29)30;3*3-2(4,5)1(6)7/h2-5,7-11,19H,6,12,31H2,1H3,(H,33,34);3*(H,6,7)/t19-;;;/m0.../s1. The van der Waals surface area contributed by atoms with E-state index < -0.39 is 66.0 Å². The van der Waals surface area contributed by atoms with E-state index >= 15 is 0 Å². The minimum absolute atomic E-state index is 0.0884. The molecule has 310 valence electrons. The van der Waals surface area contributed by atoms with Crippen LogP contribution in [0.15, 0.2) is 54.9 Å². The molecule has 0 radical (unpaired) electrons. The predicted molar refractivity (Wildman–Crippen MR) is 159 cm³/mol. The summed E-state index contributed by atoms with van der Waals surface area (Å²) in [7, 11) is 0. The minimum atomic E-state index is -5.08. The van der Waals surface area contributed by atoms with Gasteiger partial charge in [-0.25, -0.2) is 14.4 Å². The maximum absolute atomic E-state index is 13.1. The highest BCUT2D eigenvalue weighted by molar-refractivity contribution is 5.86. The molecule has 0 saturated carbocycles. The highest BCUT2D eigenvalue weighted by atomic mass is 19.4. The number of nitrogens with one attached hydrogen (secondary N) is 1. The molecule has 0 unspecified atom stereocenters. The molecule has 0 fully saturated rings. The summed E-state index contributed by atoms with van der Waals surface area (Å²) in [5.41, 5.74) is 6.39. The van der Waals surface area contributed by atoms with Gasteiger partial charge in [0.25, 0.3) is 0 Å². The van der Waals surface area contributed by atoms with E-state index in [0.717, 1.165) is 27.7 Å². The molecule has 0 spiro atoms. The monoisotopic (exact) mass is 836 g/mol. The summed E-state index contributed by atoms with van der Waals surface area (Å²) < 4.78 is 179. The van der Waals surface area contributed by atoms with Crippen LogP contribution in [0, 0.1) is 6.92 Å². The Bertz CT molecular complexity index is 1860. The van der Waals surface area contributed by atoms with Gasteiger partial charge < -0.3 is 25.8 Å². The SMILES string of the molecule is Cc1[nH]nc2ccc(-c3cncc(OC[C@@H](N)Cc4cc(C(F)(F)F)cc(C(F)(F)F)c4)c3)cc12.O=C(O)C(F)(F)F.O=C(O)C(F)(F)F.O=C(O)C(F)(F)F. The number of hydrogen-bond acceptors (Lipinski definition) is 7. The second kappa shape index (κ2) is 18.7. The molecule has 4 aromatic rings. The number of H-pyrrole nitrogens is 1. The van der Waals surface area contributed by atoms with E-state index in [1.54, 1.807) is 12.3 Å². The third kappa shape index (κ3) is 16.3. The largest absolute Gasteiger partial charge is 0.490 e. The number of aromatic amines is 1. The van der Waals surface area contributed by atoms with Crippen molar-refractivity contribution in [3.05, 3.63) is 77.2 Å². The second-order valence-electron chi connectivity index (χ2n) is 10.6. The van der Waals surface area contributed by atoms with Crippen molar-refractivity contribution >= 4 is 28.8 Å². The third-order valence-corrected chi connectivity index (χ3v) is 6.13. The van der Waals surface area contributed by atoms with Gasteiger partial charge >= 0.3 is 48.8 Å². The number of ether oxygens (including phenoxy) is 1.